The van der Waals surface area contributed by atoms with Crippen LogP contribution >= 0.6 is 0 Å². The maximum Gasteiger partial charge on any atom is 1.00 e. The van der Waals surface area contributed by atoms with E-state index in [1.54, 1.807) is 7.05 Å². The SMILES string of the molecule is CNC1CC(C(=O)[O-])CC(C(=O)[O-])C1.[K+].[K+]. The number of carboxylic acids is 2. The monoisotopic (exact) mass is 277 g/mol. The average molecular weight is 277 g/mol. The summed E-state index contributed by atoms with van der Waals surface area (Å²) in [6.07, 6.45) is 0.994. The van der Waals surface area contributed by atoms with Crippen molar-refractivity contribution < 1.29 is 123 Å². The van der Waals surface area contributed by atoms with Gasteiger partial charge in [0, 0.05) is 29.8 Å². The van der Waals surface area contributed by atoms with Gasteiger partial charge in [-0.25, -0.2) is 0 Å². The van der Waals surface area contributed by atoms with Gasteiger partial charge in [0.1, 0.15) is 0 Å². The Bertz CT molecular complexity index is 228. The van der Waals surface area contributed by atoms with Crippen molar-refractivity contribution in [2.45, 2.75) is 25.3 Å². The minimum absolute atomic E-state index is 0. The topological polar surface area (TPSA) is 92.3 Å². The fourth-order valence-electron chi connectivity index (χ4n) is 1.94. The summed E-state index contributed by atoms with van der Waals surface area (Å²) in [5.41, 5.74) is 0. The van der Waals surface area contributed by atoms with Gasteiger partial charge in [0.15, 0.2) is 0 Å². The van der Waals surface area contributed by atoms with Crippen molar-refractivity contribution in [1.29, 1.82) is 0 Å². The Kier molecular flexibility index (Phi) is 12.8. The van der Waals surface area contributed by atoms with Crippen molar-refractivity contribution in [3.05, 3.63) is 0 Å². The molecule has 0 heterocycles. The van der Waals surface area contributed by atoms with Gasteiger partial charge in [-0.3, -0.25) is 0 Å². The molecule has 80 valence electrons. The van der Waals surface area contributed by atoms with Crippen molar-refractivity contribution in [2.24, 2.45) is 11.8 Å². The van der Waals surface area contributed by atoms with Crippen LogP contribution in [0.3, 0.4) is 0 Å². The van der Waals surface area contributed by atoms with Crippen molar-refractivity contribution in [3.63, 3.8) is 0 Å². The molecule has 0 radical (unpaired) electrons. The number of rotatable bonds is 3. The number of hydrogen-bond donors (Lipinski definition) is 1. The third-order valence-corrected chi connectivity index (χ3v) is 2.78. The first-order chi connectivity index (χ1) is 6.54. The molecule has 1 saturated carbocycles. The summed E-state index contributed by atoms with van der Waals surface area (Å²) >= 11 is 0. The van der Waals surface area contributed by atoms with Crippen LogP contribution in [0.5, 0.6) is 0 Å². The molecular weight excluding hydrogens is 264 g/mol. The Morgan fingerprint density at radius 3 is 1.62 bits per heavy atom. The van der Waals surface area contributed by atoms with E-state index in [0.29, 0.717) is 12.8 Å². The van der Waals surface area contributed by atoms with Gasteiger partial charge in [-0.15, -0.1) is 0 Å². The zero-order valence-corrected chi connectivity index (χ0v) is 16.2. The second-order valence-corrected chi connectivity index (χ2v) is 3.72. The molecular formula is C9H13K2NO4. The van der Waals surface area contributed by atoms with E-state index < -0.39 is 23.8 Å². The number of hydrogen-bond acceptors (Lipinski definition) is 5. The summed E-state index contributed by atoms with van der Waals surface area (Å²) in [6, 6.07) is -0.0745. The molecule has 0 bridgehead atoms. The van der Waals surface area contributed by atoms with Gasteiger partial charge in [-0.2, -0.15) is 0 Å². The summed E-state index contributed by atoms with van der Waals surface area (Å²) in [6.45, 7) is 0. The molecule has 1 N–H and O–H groups in total. The molecule has 2 atom stereocenters. The summed E-state index contributed by atoms with van der Waals surface area (Å²) in [5.74, 6) is -3.69. The molecule has 1 rings (SSSR count). The summed E-state index contributed by atoms with van der Waals surface area (Å²) < 4.78 is 0. The first-order valence-corrected chi connectivity index (χ1v) is 4.63. The predicted octanol–water partition coefficient (Wildman–Crippen LogP) is -8.50. The van der Waals surface area contributed by atoms with Crippen LogP contribution in [-0.4, -0.2) is 25.0 Å². The quantitative estimate of drug-likeness (QED) is 0.517. The molecule has 2 unspecified atom stereocenters. The van der Waals surface area contributed by atoms with Gasteiger partial charge in [-0.1, -0.05) is 0 Å². The van der Waals surface area contributed by atoms with Crippen LogP contribution < -0.4 is 118 Å². The van der Waals surface area contributed by atoms with E-state index in [-0.39, 0.29) is 115 Å². The van der Waals surface area contributed by atoms with Crippen LogP contribution in [0.4, 0.5) is 0 Å². The number of aliphatic carboxylic acids is 2. The zero-order valence-electron chi connectivity index (χ0n) is 9.99. The van der Waals surface area contributed by atoms with Crippen LogP contribution in [0.25, 0.3) is 0 Å². The van der Waals surface area contributed by atoms with E-state index in [4.69, 9.17) is 0 Å². The minimum atomic E-state index is -1.17. The molecule has 7 heteroatoms. The molecule has 0 aromatic heterocycles. The largest absolute Gasteiger partial charge is 1.00 e. The van der Waals surface area contributed by atoms with Crippen LogP contribution in [0.15, 0.2) is 0 Å². The molecule has 16 heavy (non-hydrogen) atoms. The number of carbonyl (C=O) groups excluding carboxylic acids is 2. The molecule has 1 aliphatic rings. The van der Waals surface area contributed by atoms with Gasteiger partial charge in [0.25, 0.3) is 0 Å². The van der Waals surface area contributed by atoms with Crippen LogP contribution in [-0.2, 0) is 9.59 Å². The Morgan fingerprint density at radius 1 is 1.00 bits per heavy atom. The molecule has 1 aliphatic carbocycles. The molecule has 0 amide bonds. The fraction of sp³-hybridized carbons (Fsp3) is 0.778. The van der Waals surface area contributed by atoms with Crippen LogP contribution in [0, 0.1) is 11.8 Å². The standard InChI is InChI=1S/C9H15NO4.2K/c1-10-7-3-5(8(11)12)2-6(4-7)9(13)14;;/h5-7,10H,2-4H2,1H3,(H,11,12)(H,13,14);;/q;2*+1/p-2. The van der Waals surface area contributed by atoms with Crippen LogP contribution in [0.1, 0.15) is 19.3 Å². The van der Waals surface area contributed by atoms with E-state index in [9.17, 15) is 19.8 Å². The van der Waals surface area contributed by atoms with E-state index in [0.717, 1.165) is 0 Å². The number of nitrogens with one attached hydrogen (secondary N) is 1. The maximum atomic E-state index is 10.6. The van der Waals surface area contributed by atoms with Crippen LogP contribution in [0.2, 0.25) is 0 Å². The Morgan fingerprint density at radius 2 is 1.38 bits per heavy atom. The molecule has 0 spiro atoms. The molecule has 0 aliphatic heterocycles. The molecule has 0 aromatic carbocycles. The first-order valence-electron chi connectivity index (χ1n) is 4.63. The molecule has 0 saturated heterocycles. The van der Waals surface area contributed by atoms with Gasteiger partial charge >= 0.3 is 103 Å². The summed E-state index contributed by atoms with van der Waals surface area (Å²) in [7, 11) is 1.69. The molecule has 0 aromatic rings. The number of carbonyl (C=O) groups is 2. The minimum Gasteiger partial charge on any atom is -0.550 e. The first kappa shape index (κ1) is 20.5. The van der Waals surface area contributed by atoms with E-state index in [1.165, 1.54) is 0 Å². The van der Waals surface area contributed by atoms with E-state index in [2.05, 4.69) is 5.32 Å². The third-order valence-electron chi connectivity index (χ3n) is 2.78. The van der Waals surface area contributed by atoms with Gasteiger partial charge in [0.05, 0.1) is 0 Å². The molecule has 5 nitrogen and oxygen atoms in total. The summed E-state index contributed by atoms with van der Waals surface area (Å²) in [4.78, 5) is 21.3. The molecule has 1 fully saturated rings. The number of carboxylic acid groups (broad SMARTS) is 2. The zero-order chi connectivity index (χ0) is 10.7. The second-order valence-electron chi connectivity index (χ2n) is 3.72. The van der Waals surface area contributed by atoms with Crippen molar-refractivity contribution >= 4 is 11.9 Å². The maximum absolute atomic E-state index is 10.6. The van der Waals surface area contributed by atoms with Gasteiger partial charge in [-0.05, 0) is 26.3 Å². The third kappa shape index (κ3) is 6.37. The van der Waals surface area contributed by atoms with E-state index >= 15 is 0 Å². The van der Waals surface area contributed by atoms with Crippen molar-refractivity contribution in [2.75, 3.05) is 7.05 Å². The normalized spacial score (nSPS) is 28.4. The predicted molar refractivity (Wildman–Crippen MR) is 43.7 cm³/mol. The fourth-order valence-corrected chi connectivity index (χ4v) is 1.94. The average Bonchev–Trinajstić information content (AvgIpc) is 2.16. The Balaban J connectivity index is 0. The second kappa shape index (κ2) is 10.0. The van der Waals surface area contributed by atoms with Crippen molar-refractivity contribution in [1.82, 2.24) is 5.32 Å². The summed E-state index contributed by atoms with van der Waals surface area (Å²) in [5, 5.41) is 24.2. The Hall–Kier alpha value is 2.17. The van der Waals surface area contributed by atoms with Crippen molar-refractivity contribution in [3.8, 4) is 0 Å². The van der Waals surface area contributed by atoms with Gasteiger partial charge in [0.2, 0.25) is 0 Å². The van der Waals surface area contributed by atoms with Gasteiger partial charge < -0.3 is 25.1 Å². The Labute approximate surface area is 180 Å². The smallest absolute Gasteiger partial charge is 0.550 e. The van der Waals surface area contributed by atoms with E-state index in [1.807, 2.05) is 0 Å².